The molecule has 0 aliphatic carbocycles. The minimum absolute atomic E-state index is 0.135. The van der Waals surface area contributed by atoms with Gasteiger partial charge in [0.1, 0.15) is 11.6 Å². The Labute approximate surface area is 179 Å². The highest BCUT2D eigenvalue weighted by atomic mass is 19.1. The second-order valence-corrected chi connectivity index (χ2v) is 7.47. The van der Waals surface area contributed by atoms with Crippen molar-refractivity contribution < 1.29 is 19.1 Å². The average Bonchev–Trinajstić information content (AvgIpc) is 3.04. The summed E-state index contributed by atoms with van der Waals surface area (Å²) in [7, 11) is 3.78. The minimum atomic E-state index is -1.09. The average molecular weight is 416 g/mol. The third-order valence-electron chi connectivity index (χ3n) is 5.34. The first-order chi connectivity index (χ1) is 14.9. The first-order valence-corrected chi connectivity index (χ1v) is 9.78. The molecule has 1 atom stereocenters. The predicted octanol–water partition coefficient (Wildman–Crippen LogP) is 4.52. The zero-order chi connectivity index (χ0) is 22.1. The van der Waals surface area contributed by atoms with Gasteiger partial charge in [-0.15, -0.1) is 0 Å². The maximum atomic E-state index is 14.8. The van der Waals surface area contributed by atoms with Crippen molar-refractivity contribution in [2.45, 2.75) is 6.04 Å². The van der Waals surface area contributed by atoms with Crippen LogP contribution in [0.4, 0.5) is 15.8 Å². The Bertz CT molecular complexity index is 1170. The lowest BCUT2D eigenvalue weighted by Crippen LogP contribution is -2.29. The number of anilines is 2. The molecule has 1 fully saturated rings. The van der Waals surface area contributed by atoms with Crippen molar-refractivity contribution >= 4 is 28.8 Å². The van der Waals surface area contributed by atoms with Crippen LogP contribution in [0.5, 0.6) is 0 Å². The number of carbonyl (C=O) groups excluding carboxylic acids is 2. The van der Waals surface area contributed by atoms with Gasteiger partial charge in [-0.05, 0) is 30.3 Å². The van der Waals surface area contributed by atoms with Crippen LogP contribution in [-0.4, -0.2) is 30.9 Å². The van der Waals surface area contributed by atoms with Crippen molar-refractivity contribution in [3.63, 3.8) is 0 Å². The number of halogens is 1. The van der Waals surface area contributed by atoms with Crippen LogP contribution in [0, 0.1) is 5.82 Å². The van der Waals surface area contributed by atoms with E-state index in [0.717, 1.165) is 5.69 Å². The largest absolute Gasteiger partial charge is 0.507 e. The lowest BCUT2D eigenvalue weighted by Gasteiger charge is -2.26. The third-order valence-corrected chi connectivity index (χ3v) is 5.34. The molecular weight excluding hydrogens is 395 g/mol. The van der Waals surface area contributed by atoms with E-state index < -0.39 is 23.5 Å². The summed E-state index contributed by atoms with van der Waals surface area (Å²) < 4.78 is 14.8. The van der Waals surface area contributed by atoms with Crippen LogP contribution in [0.3, 0.4) is 0 Å². The zero-order valence-corrected chi connectivity index (χ0v) is 17.1. The molecule has 5 nitrogen and oxygen atoms in total. The molecule has 1 amide bonds. The van der Waals surface area contributed by atoms with Gasteiger partial charge in [-0.2, -0.15) is 0 Å². The highest BCUT2D eigenvalue weighted by Gasteiger charge is 2.47. The highest BCUT2D eigenvalue weighted by Crippen LogP contribution is 2.43. The summed E-state index contributed by atoms with van der Waals surface area (Å²) in [5.41, 5.74) is 1.72. The van der Waals surface area contributed by atoms with Gasteiger partial charge in [0.25, 0.3) is 11.7 Å². The molecule has 0 bridgehead atoms. The Hall–Kier alpha value is -3.93. The van der Waals surface area contributed by atoms with Crippen molar-refractivity contribution in [2.75, 3.05) is 23.9 Å². The molecule has 0 saturated carbocycles. The topological polar surface area (TPSA) is 60.9 Å². The molecule has 0 aromatic heterocycles. The molecular formula is C25H21FN2O3. The van der Waals surface area contributed by atoms with E-state index in [1.807, 2.05) is 31.1 Å². The molecule has 0 spiro atoms. The smallest absolute Gasteiger partial charge is 0.300 e. The lowest BCUT2D eigenvalue weighted by atomic mass is 9.94. The number of aliphatic hydroxyl groups is 1. The van der Waals surface area contributed by atoms with Gasteiger partial charge in [-0.25, -0.2) is 4.39 Å². The first-order valence-electron chi connectivity index (χ1n) is 9.78. The molecule has 1 N–H and O–H groups in total. The first kappa shape index (κ1) is 20.3. The molecule has 156 valence electrons. The standard InChI is InChI=1S/C25H21FN2O3/c1-27(2)17-12-14-18(15-13-17)28-22(19-10-6-7-11-20(19)26)21(24(30)25(28)31)23(29)16-8-4-3-5-9-16/h3-15,22,29H,1-2H3/b23-21+. The van der Waals surface area contributed by atoms with E-state index in [9.17, 15) is 19.1 Å². The lowest BCUT2D eigenvalue weighted by molar-refractivity contribution is -0.132. The Balaban J connectivity index is 1.93. The van der Waals surface area contributed by atoms with E-state index in [1.165, 1.54) is 23.1 Å². The van der Waals surface area contributed by atoms with Crippen molar-refractivity contribution in [3.05, 3.63) is 101 Å². The molecule has 4 rings (SSSR count). The molecule has 1 heterocycles. The number of carbonyl (C=O) groups is 2. The van der Waals surface area contributed by atoms with Crippen LogP contribution in [0.1, 0.15) is 17.2 Å². The third kappa shape index (κ3) is 3.57. The zero-order valence-electron chi connectivity index (χ0n) is 17.1. The van der Waals surface area contributed by atoms with Gasteiger partial charge in [-0.3, -0.25) is 14.5 Å². The molecule has 1 aliphatic heterocycles. The van der Waals surface area contributed by atoms with Crippen LogP contribution >= 0.6 is 0 Å². The number of amides is 1. The second kappa shape index (κ2) is 8.07. The van der Waals surface area contributed by atoms with Gasteiger partial charge in [0.2, 0.25) is 0 Å². The van der Waals surface area contributed by atoms with Gasteiger partial charge < -0.3 is 10.0 Å². The predicted molar refractivity (Wildman–Crippen MR) is 118 cm³/mol. The summed E-state index contributed by atoms with van der Waals surface area (Å²) in [6.07, 6.45) is 0. The van der Waals surface area contributed by atoms with E-state index in [4.69, 9.17) is 0 Å². The molecule has 1 aliphatic rings. The summed E-state index contributed by atoms with van der Waals surface area (Å²) >= 11 is 0. The molecule has 1 unspecified atom stereocenters. The summed E-state index contributed by atoms with van der Waals surface area (Å²) in [6, 6.07) is 20.4. The normalized spacial score (nSPS) is 17.8. The second-order valence-electron chi connectivity index (χ2n) is 7.47. The minimum Gasteiger partial charge on any atom is -0.507 e. The number of ketones is 1. The Morgan fingerprint density at radius 2 is 1.52 bits per heavy atom. The van der Waals surface area contributed by atoms with E-state index >= 15 is 0 Å². The summed E-state index contributed by atoms with van der Waals surface area (Å²) in [5.74, 6) is -2.57. The van der Waals surface area contributed by atoms with Crippen LogP contribution in [0.15, 0.2) is 84.4 Å². The van der Waals surface area contributed by atoms with Crippen molar-refractivity contribution in [3.8, 4) is 0 Å². The highest BCUT2D eigenvalue weighted by molar-refractivity contribution is 6.51. The number of aliphatic hydroxyl groups excluding tert-OH is 1. The van der Waals surface area contributed by atoms with Crippen molar-refractivity contribution in [2.24, 2.45) is 0 Å². The Kier molecular flexibility index (Phi) is 5.29. The van der Waals surface area contributed by atoms with E-state index in [1.54, 1.807) is 48.5 Å². The van der Waals surface area contributed by atoms with Crippen molar-refractivity contribution in [1.82, 2.24) is 0 Å². The molecule has 1 saturated heterocycles. The van der Waals surface area contributed by atoms with Gasteiger partial charge in [-0.1, -0.05) is 48.5 Å². The van der Waals surface area contributed by atoms with Crippen LogP contribution in [0.25, 0.3) is 5.76 Å². The van der Waals surface area contributed by atoms with Crippen molar-refractivity contribution in [1.29, 1.82) is 0 Å². The fraction of sp³-hybridized carbons (Fsp3) is 0.120. The SMILES string of the molecule is CN(C)c1ccc(N2C(=O)C(=O)/C(=C(/O)c3ccccc3)C2c2ccccc2F)cc1. The molecule has 3 aromatic rings. The van der Waals surface area contributed by atoms with Crippen LogP contribution in [0.2, 0.25) is 0 Å². The maximum absolute atomic E-state index is 14.8. The molecule has 6 heteroatoms. The van der Waals surface area contributed by atoms with E-state index in [-0.39, 0.29) is 16.9 Å². The molecule has 31 heavy (non-hydrogen) atoms. The Morgan fingerprint density at radius 3 is 2.13 bits per heavy atom. The number of hydrogen-bond donors (Lipinski definition) is 1. The van der Waals surface area contributed by atoms with Gasteiger partial charge in [0.05, 0.1) is 11.6 Å². The number of Topliss-reactive ketones (excluding diaryl/α,β-unsaturated/α-hetero) is 1. The molecule has 0 radical (unpaired) electrons. The van der Waals surface area contributed by atoms with E-state index in [2.05, 4.69) is 0 Å². The quantitative estimate of drug-likeness (QED) is 0.386. The fourth-order valence-corrected chi connectivity index (χ4v) is 3.75. The number of benzene rings is 3. The number of hydrogen-bond acceptors (Lipinski definition) is 4. The van der Waals surface area contributed by atoms with Gasteiger partial charge in [0.15, 0.2) is 0 Å². The van der Waals surface area contributed by atoms with Gasteiger partial charge >= 0.3 is 0 Å². The fourth-order valence-electron chi connectivity index (χ4n) is 3.75. The molecule has 3 aromatic carbocycles. The summed E-state index contributed by atoms with van der Waals surface area (Å²) in [4.78, 5) is 29.2. The monoisotopic (exact) mass is 416 g/mol. The maximum Gasteiger partial charge on any atom is 0.300 e. The Morgan fingerprint density at radius 1 is 0.903 bits per heavy atom. The van der Waals surface area contributed by atoms with Crippen LogP contribution < -0.4 is 9.80 Å². The van der Waals surface area contributed by atoms with E-state index in [0.29, 0.717) is 11.3 Å². The summed E-state index contributed by atoms with van der Waals surface area (Å²) in [6.45, 7) is 0. The summed E-state index contributed by atoms with van der Waals surface area (Å²) in [5, 5.41) is 11.0. The van der Waals surface area contributed by atoms with Crippen LogP contribution in [-0.2, 0) is 9.59 Å². The number of nitrogens with zero attached hydrogens (tertiary/aromatic N) is 2. The number of rotatable bonds is 4. The van der Waals surface area contributed by atoms with Gasteiger partial charge in [0, 0.05) is 36.6 Å².